The molecule has 7 aromatic rings. The Balaban J connectivity index is 1.49. The summed E-state index contributed by atoms with van der Waals surface area (Å²) in [6.07, 6.45) is 0. The fraction of sp³-hybridized carbons (Fsp3) is 0.0645. The summed E-state index contributed by atoms with van der Waals surface area (Å²) < 4.78 is 6.34. The number of pyridine rings is 1. The fourth-order valence-electron chi connectivity index (χ4n) is 5.34. The first-order chi connectivity index (χ1) is 16.7. The molecule has 0 saturated carbocycles. The van der Waals surface area contributed by atoms with E-state index in [1.54, 1.807) is 0 Å². The van der Waals surface area contributed by atoms with Crippen molar-refractivity contribution in [3.8, 4) is 22.5 Å². The van der Waals surface area contributed by atoms with Gasteiger partial charge in [-0.3, -0.25) is 0 Å². The number of hydrogen-bond acceptors (Lipinski definition) is 2. The molecule has 0 aliphatic heterocycles. The second kappa shape index (κ2) is 7.32. The van der Waals surface area contributed by atoms with Gasteiger partial charge >= 0.3 is 0 Å². The molecule has 0 spiro atoms. The van der Waals surface area contributed by atoms with Gasteiger partial charge in [0.1, 0.15) is 11.2 Å². The highest BCUT2D eigenvalue weighted by Gasteiger charge is 2.17. The second-order valence-electron chi connectivity index (χ2n) is 8.97. The fourth-order valence-corrected chi connectivity index (χ4v) is 7.55. The molecule has 1 unspecified atom stereocenters. The van der Waals surface area contributed by atoms with Crippen LogP contribution in [-0.4, -0.2) is 4.98 Å². The van der Waals surface area contributed by atoms with Crippen LogP contribution in [0.1, 0.15) is 5.56 Å². The van der Waals surface area contributed by atoms with Crippen molar-refractivity contribution < 1.29 is 4.42 Å². The van der Waals surface area contributed by atoms with Gasteiger partial charge in [0.25, 0.3) is 0 Å². The summed E-state index contributed by atoms with van der Waals surface area (Å²) in [5, 5.41) is 7.90. The van der Waals surface area contributed by atoms with E-state index in [1.165, 1.54) is 32.1 Å². The number of aromatic nitrogens is 1. The van der Waals surface area contributed by atoms with Crippen molar-refractivity contribution in [2.75, 3.05) is 0 Å². The normalized spacial score (nSPS) is 12.4. The molecule has 1 atom stereocenters. The van der Waals surface area contributed by atoms with Gasteiger partial charge in [0, 0.05) is 32.1 Å². The first kappa shape index (κ1) is 19.6. The molecule has 0 bridgehead atoms. The Kier molecular flexibility index (Phi) is 4.21. The summed E-state index contributed by atoms with van der Waals surface area (Å²) in [4.78, 5) is 5.20. The van der Waals surface area contributed by atoms with Gasteiger partial charge in [-0.15, -0.1) is 7.53 Å². The third kappa shape index (κ3) is 2.79. The molecule has 0 aliphatic carbocycles. The van der Waals surface area contributed by atoms with Gasteiger partial charge in [0.05, 0.1) is 11.4 Å². The lowest BCUT2D eigenvalue weighted by Crippen LogP contribution is -1.89. The molecule has 0 aliphatic rings. The van der Waals surface area contributed by atoms with E-state index in [-0.39, 0.29) is 0 Å². The second-order valence-corrected chi connectivity index (χ2v) is 11.0. The smallest absolute Gasteiger partial charge is 0.144 e. The molecule has 3 heteroatoms. The van der Waals surface area contributed by atoms with Crippen molar-refractivity contribution in [3.63, 3.8) is 0 Å². The highest BCUT2D eigenvalue weighted by atomic mass is 31.1. The minimum absolute atomic E-state index is 0.411. The Bertz CT molecular complexity index is 1870. The van der Waals surface area contributed by atoms with Crippen LogP contribution in [0.3, 0.4) is 0 Å². The predicted octanol–water partition coefficient (Wildman–Crippen LogP) is 9.45. The van der Waals surface area contributed by atoms with Crippen LogP contribution in [0.25, 0.3) is 65.5 Å². The number of fused-ring (bicyclic) bond motifs is 6. The van der Waals surface area contributed by atoms with Crippen molar-refractivity contribution in [2.24, 2.45) is 6.66 Å². The Morgan fingerprint density at radius 1 is 0.647 bits per heavy atom. The average Bonchev–Trinajstić information content (AvgIpc) is 3.39. The number of nitrogens with zero attached hydrogens (tertiary/aromatic N) is 1. The standard InChI is InChI=1S/C31H22NOP/c1-19-17-24-20-9-3-5-15-28(20)33-30(24)25(18-19)27-14-8-13-26(32-27)23-12-7-11-22-21-10-4-6-16-29(21)34(2)31(22)23/h3-18H,1-2H3. The number of aryl methyl sites for hydroxylation is 2. The maximum atomic E-state index is 6.34. The first-order valence-corrected chi connectivity index (χ1v) is 13.3. The lowest BCUT2D eigenvalue weighted by atomic mass is 10.0. The molecule has 34 heavy (non-hydrogen) atoms. The molecule has 7 rings (SSSR count). The maximum Gasteiger partial charge on any atom is 0.144 e. The molecular weight excluding hydrogens is 433 g/mol. The van der Waals surface area contributed by atoms with Crippen LogP contribution in [0.4, 0.5) is 0 Å². The van der Waals surface area contributed by atoms with Gasteiger partial charge in [0.15, 0.2) is 0 Å². The van der Waals surface area contributed by atoms with Crippen LogP contribution >= 0.6 is 7.53 Å². The molecule has 0 amide bonds. The van der Waals surface area contributed by atoms with E-state index in [1.807, 2.05) is 12.1 Å². The Morgan fingerprint density at radius 3 is 2.24 bits per heavy atom. The number of rotatable bonds is 2. The molecule has 0 saturated heterocycles. The van der Waals surface area contributed by atoms with Gasteiger partial charge in [-0.05, 0) is 60.3 Å². The molecule has 0 N–H and O–H groups in total. The average molecular weight is 455 g/mol. The topological polar surface area (TPSA) is 26.0 Å². The SMILES string of the molecule is Cc1cc(-c2cccc(-c3cccc4c5ccccc5p(C)c34)n2)c2oc3ccccc3c2c1. The number of hydrogen-bond donors (Lipinski definition) is 0. The maximum absolute atomic E-state index is 6.34. The van der Waals surface area contributed by atoms with E-state index in [9.17, 15) is 0 Å². The number of furan rings is 1. The number of para-hydroxylation sites is 1. The Labute approximate surface area is 198 Å². The first-order valence-electron chi connectivity index (χ1n) is 11.5. The molecule has 0 radical (unpaired) electrons. The lowest BCUT2D eigenvalue weighted by Gasteiger charge is -2.09. The molecule has 0 fully saturated rings. The van der Waals surface area contributed by atoms with Gasteiger partial charge in [0.2, 0.25) is 0 Å². The molecular formula is C31H22NOP. The van der Waals surface area contributed by atoms with Crippen molar-refractivity contribution in [3.05, 3.63) is 103 Å². The number of benzene rings is 4. The molecule has 2 nitrogen and oxygen atoms in total. The van der Waals surface area contributed by atoms with Crippen molar-refractivity contribution >= 4 is 50.5 Å². The van der Waals surface area contributed by atoms with E-state index in [0.29, 0.717) is 0 Å². The van der Waals surface area contributed by atoms with Gasteiger partial charge in [-0.2, -0.15) is 0 Å². The summed E-state index contributed by atoms with van der Waals surface area (Å²) in [6, 6.07) is 34.5. The van der Waals surface area contributed by atoms with E-state index in [0.717, 1.165) is 38.9 Å². The van der Waals surface area contributed by atoms with Gasteiger partial charge in [-0.1, -0.05) is 66.7 Å². The summed E-state index contributed by atoms with van der Waals surface area (Å²) in [5.74, 6) is 0. The minimum atomic E-state index is -0.411. The van der Waals surface area contributed by atoms with E-state index in [4.69, 9.17) is 9.40 Å². The third-order valence-corrected chi connectivity index (χ3v) is 9.12. The highest BCUT2D eigenvalue weighted by molar-refractivity contribution is 7.60. The monoisotopic (exact) mass is 455 g/mol. The third-order valence-electron chi connectivity index (χ3n) is 6.85. The Hall–Kier alpha value is -3.87. The van der Waals surface area contributed by atoms with Gasteiger partial charge < -0.3 is 4.42 Å². The summed E-state index contributed by atoms with van der Waals surface area (Å²) in [6.45, 7) is 4.51. The van der Waals surface area contributed by atoms with Crippen molar-refractivity contribution in [1.82, 2.24) is 4.98 Å². The van der Waals surface area contributed by atoms with Crippen molar-refractivity contribution in [1.29, 1.82) is 0 Å². The van der Waals surface area contributed by atoms with Crippen LogP contribution in [0.2, 0.25) is 0 Å². The quantitative estimate of drug-likeness (QED) is 0.259. The Morgan fingerprint density at radius 2 is 1.35 bits per heavy atom. The molecule has 3 aromatic heterocycles. The molecule has 162 valence electrons. The van der Waals surface area contributed by atoms with Crippen LogP contribution in [0, 0.1) is 6.92 Å². The van der Waals surface area contributed by atoms with Crippen LogP contribution in [-0.2, 0) is 6.66 Å². The van der Waals surface area contributed by atoms with Crippen LogP contribution in [0.5, 0.6) is 0 Å². The van der Waals surface area contributed by atoms with Crippen LogP contribution < -0.4 is 0 Å². The lowest BCUT2D eigenvalue weighted by molar-refractivity contribution is 0.669. The molecule has 3 heterocycles. The largest absolute Gasteiger partial charge is 0.455 e. The van der Waals surface area contributed by atoms with Crippen LogP contribution in [0.15, 0.2) is 101 Å². The van der Waals surface area contributed by atoms with E-state index in [2.05, 4.69) is 98.5 Å². The van der Waals surface area contributed by atoms with Gasteiger partial charge in [-0.25, -0.2) is 4.98 Å². The highest BCUT2D eigenvalue weighted by Crippen LogP contribution is 2.50. The van der Waals surface area contributed by atoms with E-state index >= 15 is 0 Å². The zero-order valence-corrected chi connectivity index (χ0v) is 19.9. The summed E-state index contributed by atoms with van der Waals surface area (Å²) >= 11 is 0. The zero-order valence-electron chi connectivity index (χ0n) is 19.0. The zero-order chi connectivity index (χ0) is 22.8. The van der Waals surface area contributed by atoms with Crippen molar-refractivity contribution in [2.45, 2.75) is 6.92 Å². The van der Waals surface area contributed by atoms with E-state index < -0.39 is 7.53 Å². The summed E-state index contributed by atoms with van der Waals surface area (Å²) in [7, 11) is -0.411. The predicted molar refractivity (Wildman–Crippen MR) is 146 cm³/mol. The summed E-state index contributed by atoms with van der Waals surface area (Å²) in [5.41, 5.74) is 7.26. The minimum Gasteiger partial charge on any atom is -0.455 e. The molecule has 4 aromatic carbocycles.